The van der Waals surface area contributed by atoms with Crippen molar-refractivity contribution in [2.45, 2.75) is 19.4 Å². The van der Waals surface area contributed by atoms with Crippen LogP contribution in [0, 0.1) is 11.3 Å². The monoisotopic (exact) mass is 208 g/mol. The fourth-order valence-corrected chi connectivity index (χ4v) is 1.41. The SMILES string of the molecule is CCCNC(C#N)c1cccc(Cl)c1. The zero-order valence-electron chi connectivity index (χ0n) is 8.13. The summed E-state index contributed by atoms with van der Waals surface area (Å²) in [6, 6.07) is 9.34. The van der Waals surface area contributed by atoms with Crippen LogP contribution in [0.5, 0.6) is 0 Å². The highest BCUT2D eigenvalue weighted by molar-refractivity contribution is 6.30. The topological polar surface area (TPSA) is 35.8 Å². The number of nitriles is 1. The van der Waals surface area contributed by atoms with Crippen LogP contribution in [0.25, 0.3) is 0 Å². The molecule has 14 heavy (non-hydrogen) atoms. The minimum atomic E-state index is -0.256. The maximum Gasteiger partial charge on any atom is 0.121 e. The van der Waals surface area contributed by atoms with E-state index >= 15 is 0 Å². The number of hydrogen-bond donors (Lipinski definition) is 1. The van der Waals surface area contributed by atoms with E-state index < -0.39 is 0 Å². The van der Waals surface area contributed by atoms with Crippen LogP contribution in [0.2, 0.25) is 5.02 Å². The van der Waals surface area contributed by atoms with E-state index in [0.717, 1.165) is 18.5 Å². The molecule has 2 nitrogen and oxygen atoms in total. The van der Waals surface area contributed by atoms with Gasteiger partial charge in [-0.25, -0.2) is 0 Å². The molecule has 0 aliphatic rings. The predicted octanol–water partition coefficient (Wildman–Crippen LogP) is 2.90. The van der Waals surface area contributed by atoms with Crippen molar-refractivity contribution in [3.05, 3.63) is 34.9 Å². The van der Waals surface area contributed by atoms with Gasteiger partial charge in [0.05, 0.1) is 6.07 Å². The maximum absolute atomic E-state index is 8.94. The molecule has 1 N–H and O–H groups in total. The molecule has 0 saturated heterocycles. The first-order chi connectivity index (χ1) is 6.77. The third-order valence-electron chi connectivity index (χ3n) is 1.91. The number of nitrogens with zero attached hydrogens (tertiary/aromatic N) is 1. The van der Waals surface area contributed by atoms with Crippen LogP contribution in [0.3, 0.4) is 0 Å². The zero-order valence-corrected chi connectivity index (χ0v) is 8.88. The summed E-state index contributed by atoms with van der Waals surface area (Å²) in [5.74, 6) is 0. The van der Waals surface area contributed by atoms with Gasteiger partial charge in [-0.05, 0) is 30.7 Å². The van der Waals surface area contributed by atoms with Crippen LogP contribution in [0.4, 0.5) is 0 Å². The number of halogens is 1. The molecule has 1 atom stereocenters. The Balaban J connectivity index is 2.75. The van der Waals surface area contributed by atoms with Crippen molar-refractivity contribution in [1.29, 1.82) is 5.26 Å². The van der Waals surface area contributed by atoms with Gasteiger partial charge in [0.25, 0.3) is 0 Å². The highest BCUT2D eigenvalue weighted by Gasteiger charge is 2.08. The van der Waals surface area contributed by atoms with Gasteiger partial charge in [0, 0.05) is 5.02 Å². The Morgan fingerprint density at radius 2 is 2.36 bits per heavy atom. The van der Waals surface area contributed by atoms with Gasteiger partial charge >= 0.3 is 0 Å². The van der Waals surface area contributed by atoms with Crippen molar-refractivity contribution in [1.82, 2.24) is 5.32 Å². The Hall–Kier alpha value is -1.04. The molecule has 0 aromatic heterocycles. The second kappa shape index (κ2) is 5.64. The van der Waals surface area contributed by atoms with Gasteiger partial charge in [-0.15, -0.1) is 0 Å². The molecule has 0 heterocycles. The Morgan fingerprint density at radius 3 is 2.93 bits per heavy atom. The summed E-state index contributed by atoms with van der Waals surface area (Å²) in [5.41, 5.74) is 0.924. The Labute approximate surface area is 89.5 Å². The van der Waals surface area contributed by atoms with Crippen molar-refractivity contribution < 1.29 is 0 Å². The van der Waals surface area contributed by atoms with E-state index in [1.54, 1.807) is 6.07 Å². The molecule has 74 valence electrons. The van der Waals surface area contributed by atoms with Crippen LogP contribution in [0.15, 0.2) is 24.3 Å². The minimum absolute atomic E-state index is 0.256. The summed E-state index contributed by atoms with van der Waals surface area (Å²) in [4.78, 5) is 0. The van der Waals surface area contributed by atoms with Crippen LogP contribution < -0.4 is 5.32 Å². The highest BCUT2D eigenvalue weighted by atomic mass is 35.5. The van der Waals surface area contributed by atoms with E-state index in [0.29, 0.717) is 5.02 Å². The smallest absolute Gasteiger partial charge is 0.121 e. The van der Waals surface area contributed by atoms with Crippen molar-refractivity contribution >= 4 is 11.6 Å². The lowest BCUT2D eigenvalue weighted by atomic mass is 10.1. The highest BCUT2D eigenvalue weighted by Crippen LogP contribution is 2.16. The first kappa shape index (κ1) is 11.0. The first-order valence-electron chi connectivity index (χ1n) is 4.66. The lowest BCUT2D eigenvalue weighted by molar-refractivity contribution is 0.621. The van der Waals surface area contributed by atoms with E-state index in [1.165, 1.54) is 0 Å². The van der Waals surface area contributed by atoms with Crippen LogP contribution >= 0.6 is 11.6 Å². The first-order valence-corrected chi connectivity index (χ1v) is 5.04. The van der Waals surface area contributed by atoms with Gasteiger partial charge in [0.15, 0.2) is 0 Å². The number of rotatable bonds is 4. The molecule has 1 aromatic carbocycles. The molecule has 0 fully saturated rings. The summed E-state index contributed by atoms with van der Waals surface area (Å²) in [6.07, 6.45) is 1.01. The van der Waals surface area contributed by atoms with Gasteiger partial charge < -0.3 is 0 Å². The summed E-state index contributed by atoms with van der Waals surface area (Å²) in [6.45, 7) is 2.91. The number of nitrogens with one attached hydrogen (secondary N) is 1. The molecule has 0 aliphatic heterocycles. The van der Waals surface area contributed by atoms with Gasteiger partial charge in [0.2, 0.25) is 0 Å². The summed E-state index contributed by atoms with van der Waals surface area (Å²) in [7, 11) is 0. The van der Waals surface area contributed by atoms with Crippen LogP contribution in [-0.4, -0.2) is 6.54 Å². The third kappa shape index (κ3) is 3.02. The van der Waals surface area contributed by atoms with E-state index in [9.17, 15) is 0 Å². The van der Waals surface area contributed by atoms with Gasteiger partial charge in [-0.2, -0.15) is 5.26 Å². The molecule has 0 saturated carbocycles. The Morgan fingerprint density at radius 1 is 1.57 bits per heavy atom. The Bertz CT molecular complexity index is 330. The zero-order chi connectivity index (χ0) is 10.4. The van der Waals surface area contributed by atoms with E-state index in [1.807, 2.05) is 18.2 Å². The molecular weight excluding hydrogens is 196 g/mol. The van der Waals surface area contributed by atoms with Gasteiger partial charge in [0.1, 0.15) is 6.04 Å². The molecular formula is C11H13ClN2. The van der Waals surface area contributed by atoms with Crippen LogP contribution in [-0.2, 0) is 0 Å². The Kier molecular flexibility index (Phi) is 4.45. The average molecular weight is 209 g/mol. The molecule has 0 bridgehead atoms. The van der Waals surface area contributed by atoms with Crippen molar-refractivity contribution in [3.63, 3.8) is 0 Å². The molecule has 0 amide bonds. The molecule has 1 aromatic rings. The third-order valence-corrected chi connectivity index (χ3v) is 2.14. The van der Waals surface area contributed by atoms with E-state index in [4.69, 9.17) is 16.9 Å². The van der Waals surface area contributed by atoms with Crippen molar-refractivity contribution in [2.24, 2.45) is 0 Å². The molecule has 0 aliphatic carbocycles. The fourth-order valence-electron chi connectivity index (χ4n) is 1.21. The average Bonchev–Trinajstić information content (AvgIpc) is 2.19. The standard InChI is InChI=1S/C11H13ClN2/c1-2-6-14-11(8-13)9-4-3-5-10(12)7-9/h3-5,7,11,14H,2,6H2,1H3. The molecule has 0 spiro atoms. The molecule has 1 unspecified atom stereocenters. The minimum Gasteiger partial charge on any atom is -0.298 e. The fraction of sp³-hybridized carbons (Fsp3) is 0.364. The van der Waals surface area contributed by atoms with Crippen LogP contribution in [0.1, 0.15) is 24.9 Å². The molecule has 3 heteroatoms. The quantitative estimate of drug-likeness (QED) is 0.826. The largest absolute Gasteiger partial charge is 0.298 e. The van der Waals surface area contributed by atoms with Crippen molar-refractivity contribution in [2.75, 3.05) is 6.54 Å². The summed E-state index contributed by atoms with van der Waals surface area (Å²) < 4.78 is 0. The number of hydrogen-bond acceptors (Lipinski definition) is 2. The van der Waals surface area contributed by atoms with E-state index in [-0.39, 0.29) is 6.04 Å². The predicted molar refractivity (Wildman–Crippen MR) is 58.1 cm³/mol. The van der Waals surface area contributed by atoms with E-state index in [2.05, 4.69) is 18.3 Å². The molecule has 1 rings (SSSR count). The summed E-state index contributed by atoms with van der Waals surface area (Å²) in [5, 5.41) is 12.8. The lowest BCUT2D eigenvalue weighted by Gasteiger charge is -2.10. The van der Waals surface area contributed by atoms with Gasteiger partial charge in [-0.1, -0.05) is 30.7 Å². The second-order valence-electron chi connectivity index (χ2n) is 3.07. The normalized spacial score (nSPS) is 12.1. The number of benzene rings is 1. The van der Waals surface area contributed by atoms with Gasteiger partial charge in [-0.3, -0.25) is 5.32 Å². The summed E-state index contributed by atoms with van der Waals surface area (Å²) >= 11 is 5.84. The maximum atomic E-state index is 8.94. The lowest BCUT2D eigenvalue weighted by Crippen LogP contribution is -2.20. The van der Waals surface area contributed by atoms with Crippen molar-refractivity contribution in [3.8, 4) is 6.07 Å². The molecule has 0 radical (unpaired) electrons. The second-order valence-corrected chi connectivity index (χ2v) is 3.51.